The minimum absolute atomic E-state index is 0.0825. The Labute approximate surface area is 98.8 Å². The molecule has 0 aliphatic carbocycles. The summed E-state index contributed by atoms with van der Waals surface area (Å²) in [5.74, 6) is 0. The van der Waals surface area contributed by atoms with Crippen molar-refractivity contribution in [2.75, 3.05) is 13.2 Å². The number of benzene rings is 1. The van der Waals surface area contributed by atoms with Gasteiger partial charge in [0, 0.05) is 10.0 Å². The lowest BCUT2D eigenvalue weighted by Gasteiger charge is -2.27. The van der Waals surface area contributed by atoms with Crippen LogP contribution in [0.5, 0.6) is 0 Å². The molecule has 3 heteroatoms. The Kier molecular flexibility index (Phi) is 3.44. The van der Waals surface area contributed by atoms with E-state index in [1.807, 2.05) is 12.1 Å². The second-order valence-corrected chi connectivity index (χ2v) is 5.19. The first kappa shape index (κ1) is 11.1. The molecule has 0 radical (unpaired) electrons. The van der Waals surface area contributed by atoms with Crippen LogP contribution in [-0.2, 0) is 6.42 Å². The molecule has 1 atom stereocenters. The van der Waals surface area contributed by atoms with Gasteiger partial charge in [0.25, 0.3) is 0 Å². The lowest BCUT2D eigenvalue weighted by atomic mass is 9.90. The van der Waals surface area contributed by atoms with Crippen LogP contribution in [0.15, 0.2) is 28.7 Å². The van der Waals surface area contributed by atoms with E-state index >= 15 is 0 Å². The first-order valence-corrected chi connectivity index (χ1v) is 6.14. The summed E-state index contributed by atoms with van der Waals surface area (Å²) in [6.07, 6.45) is 3.13. The van der Waals surface area contributed by atoms with E-state index in [4.69, 9.17) is 0 Å². The quantitative estimate of drug-likeness (QED) is 0.881. The molecule has 0 bridgehead atoms. The third-order valence-electron chi connectivity index (χ3n) is 3.07. The van der Waals surface area contributed by atoms with E-state index in [0.29, 0.717) is 0 Å². The SMILES string of the molecule is OCC1(Cc2cccc(Br)c2)CCCN1. The molecule has 1 unspecified atom stereocenters. The highest BCUT2D eigenvalue weighted by molar-refractivity contribution is 9.10. The second kappa shape index (κ2) is 4.64. The smallest absolute Gasteiger partial charge is 0.0616 e. The minimum atomic E-state index is -0.0825. The molecule has 1 aromatic rings. The third kappa shape index (κ3) is 2.60. The molecule has 2 rings (SSSR count). The minimum Gasteiger partial charge on any atom is -0.394 e. The van der Waals surface area contributed by atoms with Crippen LogP contribution in [0.1, 0.15) is 18.4 Å². The number of hydrogen-bond acceptors (Lipinski definition) is 2. The van der Waals surface area contributed by atoms with Crippen molar-refractivity contribution in [2.45, 2.75) is 24.8 Å². The van der Waals surface area contributed by atoms with E-state index in [-0.39, 0.29) is 12.1 Å². The molecule has 15 heavy (non-hydrogen) atoms. The van der Waals surface area contributed by atoms with Gasteiger partial charge < -0.3 is 10.4 Å². The van der Waals surface area contributed by atoms with Crippen LogP contribution in [0.3, 0.4) is 0 Å². The zero-order valence-electron chi connectivity index (χ0n) is 8.67. The number of aliphatic hydroxyl groups is 1. The summed E-state index contributed by atoms with van der Waals surface area (Å²) in [7, 11) is 0. The average Bonchev–Trinajstić information content (AvgIpc) is 2.67. The molecule has 1 aliphatic rings. The van der Waals surface area contributed by atoms with Gasteiger partial charge in [-0.2, -0.15) is 0 Å². The topological polar surface area (TPSA) is 32.3 Å². The van der Waals surface area contributed by atoms with E-state index in [0.717, 1.165) is 30.3 Å². The van der Waals surface area contributed by atoms with Gasteiger partial charge in [-0.1, -0.05) is 28.1 Å². The van der Waals surface area contributed by atoms with E-state index < -0.39 is 0 Å². The largest absolute Gasteiger partial charge is 0.394 e. The number of halogens is 1. The molecule has 1 fully saturated rings. The van der Waals surface area contributed by atoms with Crippen LogP contribution in [0.25, 0.3) is 0 Å². The first-order chi connectivity index (χ1) is 7.24. The number of aliphatic hydroxyl groups excluding tert-OH is 1. The lowest BCUT2D eigenvalue weighted by Crippen LogP contribution is -2.45. The van der Waals surface area contributed by atoms with Crippen molar-refractivity contribution in [3.8, 4) is 0 Å². The van der Waals surface area contributed by atoms with Gasteiger partial charge >= 0.3 is 0 Å². The summed E-state index contributed by atoms with van der Waals surface area (Å²) in [6, 6.07) is 8.30. The summed E-state index contributed by atoms with van der Waals surface area (Å²) in [5, 5.41) is 12.9. The van der Waals surface area contributed by atoms with Crippen molar-refractivity contribution < 1.29 is 5.11 Å². The molecule has 0 aromatic heterocycles. The molecule has 0 amide bonds. The van der Waals surface area contributed by atoms with Crippen molar-refractivity contribution in [3.63, 3.8) is 0 Å². The predicted molar refractivity (Wildman–Crippen MR) is 64.9 cm³/mol. The standard InChI is InChI=1S/C12H16BrNO/c13-11-4-1-3-10(7-11)8-12(9-15)5-2-6-14-12/h1,3-4,7,14-15H,2,5-6,8-9H2. The summed E-state index contributed by atoms with van der Waals surface area (Å²) < 4.78 is 1.10. The van der Waals surface area contributed by atoms with Gasteiger partial charge in [0.2, 0.25) is 0 Å². The molecule has 0 saturated carbocycles. The lowest BCUT2D eigenvalue weighted by molar-refractivity contribution is 0.177. The molecule has 0 spiro atoms. The predicted octanol–water partition coefficient (Wildman–Crippen LogP) is 2.11. The Hall–Kier alpha value is -0.380. The van der Waals surface area contributed by atoms with E-state index in [9.17, 15) is 5.11 Å². The summed E-state index contributed by atoms with van der Waals surface area (Å²) >= 11 is 3.47. The van der Waals surface area contributed by atoms with Crippen LogP contribution in [0, 0.1) is 0 Å². The highest BCUT2D eigenvalue weighted by Crippen LogP contribution is 2.24. The van der Waals surface area contributed by atoms with Crippen LogP contribution >= 0.6 is 15.9 Å². The average molecular weight is 270 g/mol. The van der Waals surface area contributed by atoms with Crippen molar-refractivity contribution in [1.29, 1.82) is 0 Å². The number of rotatable bonds is 3. The highest BCUT2D eigenvalue weighted by atomic mass is 79.9. The Balaban J connectivity index is 2.12. The van der Waals surface area contributed by atoms with Crippen LogP contribution < -0.4 is 5.32 Å². The maximum atomic E-state index is 9.47. The van der Waals surface area contributed by atoms with E-state index in [1.54, 1.807) is 0 Å². The Morgan fingerprint density at radius 3 is 2.93 bits per heavy atom. The highest BCUT2D eigenvalue weighted by Gasteiger charge is 2.32. The zero-order valence-corrected chi connectivity index (χ0v) is 10.3. The van der Waals surface area contributed by atoms with Crippen molar-refractivity contribution >= 4 is 15.9 Å². The van der Waals surface area contributed by atoms with Gasteiger partial charge in [-0.3, -0.25) is 0 Å². The second-order valence-electron chi connectivity index (χ2n) is 4.28. The first-order valence-electron chi connectivity index (χ1n) is 5.34. The van der Waals surface area contributed by atoms with Crippen LogP contribution in [0.4, 0.5) is 0 Å². The molecular formula is C12H16BrNO. The van der Waals surface area contributed by atoms with Crippen molar-refractivity contribution in [3.05, 3.63) is 34.3 Å². The van der Waals surface area contributed by atoms with Gasteiger partial charge in [0.1, 0.15) is 0 Å². The van der Waals surface area contributed by atoms with Gasteiger partial charge in [-0.05, 0) is 43.5 Å². The fourth-order valence-corrected chi connectivity index (χ4v) is 2.69. The van der Waals surface area contributed by atoms with Gasteiger partial charge in [-0.15, -0.1) is 0 Å². The molecule has 2 nitrogen and oxygen atoms in total. The number of hydrogen-bond donors (Lipinski definition) is 2. The Morgan fingerprint density at radius 1 is 1.47 bits per heavy atom. The van der Waals surface area contributed by atoms with Crippen molar-refractivity contribution in [2.24, 2.45) is 0 Å². The molecule has 82 valence electrons. The van der Waals surface area contributed by atoms with Crippen molar-refractivity contribution in [1.82, 2.24) is 5.32 Å². The Bertz CT molecular complexity index is 334. The summed E-state index contributed by atoms with van der Waals surface area (Å²) in [6.45, 7) is 1.24. The molecule has 1 aliphatic heterocycles. The van der Waals surface area contributed by atoms with Gasteiger partial charge in [-0.25, -0.2) is 0 Å². The maximum Gasteiger partial charge on any atom is 0.0616 e. The van der Waals surface area contributed by atoms with Gasteiger partial charge in [0.05, 0.1) is 6.61 Å². The summed E-state index contributed by atoms with van der Waals surface area (Å²) in [4.78, 5) is 0. The van der Waals surface area contributed by atoms with E-state index in [1.165, 1.54) is 5.56 Å². The fourth-order valence-electron chi connectivity index (χ4n) is 2.25. The Morgan fingerprint density at radius 2 is 2.33 bits per heavy atom. The molecule has 1 aromatic carbocycles. The normalized spacial score (nSPS) is 25.7. The van der Waals surface area contributed by atoms with Crippen LogP contribution in [-0.4, -0.2) is 23.8 Å². The van der Waals surface area contributed by atoms with Crippen LogP contribution in [0.2, 0.25) is 0 Å². The molecule has 1 heterocycles. The molecular weight excluding hydrogens is 254 g/mol. The monoisotopic (exact) mass is 269 g/mol. The number of nitrogens with one attached hydrogen (secondary N) is 1. The third-order valence-corrected chi connectivity index (χ3v) is 3.56. The van der Waals surface area contributed by atoms with E-state index in [2.05, 4.69) is 33.4 Å². The fraction of sp³-hybridized carbons (Fsp3) is 0.500. The molecule has 1 saturated heterocycles. The maximum absolute atomic E-state index is 9.47. The van der Waals surface area contributed by atoms with Gasteiger partial charge in [0.15, 0.2) is 0 Å². The molecule has 2 N–H and O–H groups in total. The summed E-state index contributed by atoms with van der Waals surface area (Å²) in [5.41, 5.74) is 1.19. The zero-order chi connectivity index (χ0) is 10.7.